The van der Waals surface area contributed by atoms with Crippen LogP contribution in [0, 0.1) is 0 Å². The van der Waals surface area contributed by atoms with Gasteiger partial charge in [0.05, 0.1) is 12.1 Å². The predicted octanol–water partition coefficient (Wildman–Crippen LogP) is 4.75. The lowest BCUT2D eigenvalue weighted by atomic mass is 10.1. The second-order valence-electron chi connectivity index (χ2n) is 8.50. The molecule has 0 aliphatic carbocycles. The number of halogens is 3. The van der Waals surface area contributed by atoms with Crippen molar-refractivity contribution in [3.63, 3.8) is 0 Å². The van der Waals surface area contributed by atoms with Gasteiger partial charge in [0, 0.05) is 51.3 Å². The summed E-state index contributed by atoms with van der Waals surface area (Å²) >= 11 is 0. The molecule has 0 unspecified atom stereocenters. The summed E-state index contributed by atoms with van der Waals surface area (Å²) in [6, 6.07) is 17.5. The monoisotopic (exact) mass is 501 g/mol. The van der Waals surface area contributed by atoms with Gasteiger partial charge in [0.15, 0.2) is 0 Å². The molecule has 0 saturated carbocycles. The van der Waals surface area contributed by atoms with E-state index in [-0.39, 0.29) is 24.6 Å². The Labute approximate surface area is 208 Å². The molecule has 6 nitrogen and oxygen atoms in total. The van der Waals surface area contributed by atoms with E-state index in [0.29, 0.717) is 26.1 Å². The van der Waals surface area contributed by atoms with Gasteiger partial charge in [-0.05, 0) is 42.3 Å². The van der Waals surface area contributed by atoms with Crippen LogP contribution in [-0.2, 0) is 35.8 Å². The highest BCUT2D eigenvalue weighted by molar-refractivity contribution is 5.96. The number of hydrogen-bond donors (Lipinski definition) is 0. The lowest BCUT2D eigenvalue weighted by molar-refractivity contribution is -0.137. The van der Waals surface area contributed by atoms with Crippen molar-refractivity contribution in [3.05, 3.63) is 95.3 Å². The summed E-state index contributed by atoms with van der Waals surface area (Å²) in [5, 5.41) is 0. The summed E-state index contributed by atoms with van der Waals surface area (Å²) in [7, 11) is 3.40. The van der Waals surface area contributed by atoms with Gasteiger partial charge in [0.25, 0.3) is 5.91 Å². The average molecular weight is 502 g/mol. The summed E-state index contributed by atoms with van der Waals surface area (Å²) in [4.78, 5) is 29.7. The van der Waals surface area contributed by atoms with E-state index in [1.165, 1.54) is 24.1 Å². The second kappa shape index (κ2) is 12.4. The van der Waals surface area contributed by atoms with Gasteiger partial charge in [-0.15, -0.1) is 0 Å². The Morgan fingerprint density at radius 3 is 2.33 bits per heavy atom. The minimum Gasteiger partial charge on any atom is -0.385 e. The van der Waals surface area contributed by atoms with Crippen LogP contribution < -0.4 is 0 Å². The van der Waals surface area contributed by atoms with Crippen LogP contribution in [0.4, 0.5) is 13.2 Å². The highest BCUT2D eigenvalue weighted by atomic mass is 19.4. The SMILES string of the molecule is COCCCN(CC(=O)N(Cc1ccccc1)Cc1cccn1C)C(=O)c1cccc(C(F)(F)F)c1. The van der Waals surface area contributed by atoms with Crippen molar-refractivity contribution in [2.75, 3.05) is 26.8 Å². The van der Waals surface area contributed by atoms with Crippen molar-refractivity contribution in [1.82, 2.24) is 14.4 Å². The smallest absolute Gasteiger partial charge is 0.385 e. The number of methoxy groups -OCH3 is 1. The molecule has 2 aromatic carbocycles. The second-order valence-corrected chi connectivity index (χ2v) is 8.50. The molecule has 3 aromatic rings. The average Bonchev–Trinajstić information content (AvgIpc) is 3.27. The molecule has 0 fully saturated rings. The third-order valence-corrected chi connectivity index (χ3v) is 5.80. The summed E-state index contributed by atoms with van der Waals surface area (Å²) < 4.78 is 46.6. The molecule has 0 aliphatic heterocycles. The maximum atomic E-state index is 13.5. The lowest BCUT2D eigenvalue weighted by Gasteiger charge is -2.28. The largest absolute Gasteiger partial charge is 0.416 e. The number of amides is 2. The molecule has 3 rings (SSSR count). The Balaban J connectivity index is 1.84. The zero-order valence-corrected chi connectivity index (χ0v) is 20.4. The van der Waals surface area contributed by atoms with E-state index in [1.54, 1.807) is 4.90 Å². The maximum absolute atomic E-state index is 13.5. The molecular formula is C27H30F3N3O3. The van der Waals surface area contributed by atoms with Gasteiger partial charge < -0.3 is 19.1 Å². The van der Waals surface area contributed by atoms with Crippen LogP contribution >= 0.6 is 0 Å². The van der Waals surface area contributed by atoms with E-state index < -0.39 is 17.6 Å². The van der Waals surface area contributed by atoms with Crippen LogP contribution in [0.5, 0.6) is 0 Å². The van der Waals surface area contributed by atoms with E-state index in [4.69, 9.17) is 4.74 Å². The fourth-order valence-electron chi connectivity index (χ4n) is 3.82. The first-order chi connectivity index (χ1) is 17.2. The van der Waals surface area contributed by atoms with E-state index in [2.05, 4.69) is 0 Å². The number of aryl methyl sites for hydroxylation is 1. The molecule has 36 heavy (non-hydrogen) atoms. The molecule has 0 aliphatic rings. The lowest BCUT2D eigenvalue weighted by Crippen LogP contribution is -2.43. The molecule has 0 N–H and O–H groups in total. The molecule has 1 aromatic heterocycles. The first-order valence-electron chi connectivity index (χ1n) is 11.6. The third kappa shape index (κ3) is 7.45. The summed E-state index contributed by atoms with van der Waals surface area (Å²) in [6.07, 6.45) is -2.26. The minimum atomic E-state index is -4.57. The number of aromatic nitrogens is 1. The van der Waals surface area contributed by atoms with Crippen LogP contribution in [0.2, 0.25) is 0 Å². The van der Waals surface area contributed by atoms with Crippen LogP contribution in [0.15, 0.2) is 72.9 Å². The number of nitrogens with zero attached hydrogens (tertiary/aromatic N) is 3. The van der Waals surface area contributed by atoms with Crippen molar-refractivity contribution in [2.45, 2.75) is 25.7 Å². The van der Waals surface area contributed by atoms with Gasteiger partial charge in [-0.2, -0.15) is 13.2 Å². The maximum Gasteiger partial charge on any atom is 0.416 e. The normalized spacial score (nSPS) is 11.4. The van der Waals surface area contributed by atoms with Gasteiger partial charge in [-0.3, -0.25) is 9.59 Å². The predicted molar refractivity (Wildman–Crippen MR) is 130 cm³/mol. The molecule has 0 radical (unpaired) electrons. The zero-order chi connectivity index (χ0) is 26.1. The molecular weight excluding hydrogens is 471 g/mol. The van der Waals surface area contributed by atoms with Crippen molar-refractivity contribution in [1.29, 1.82) is 0 Å². The molecule has 0 bridgehead atoms. The molecule has 9 heteroatoms. The molecule has 2 amide bonds. The van der Waals surface area contributed by atoms with Crippen molar-refractivity contribution < 1.29 is 27.5 Å². The Bertz CT molecular complexity index is 1150. The van der Waals surface area contributed by atoms with Crippen molar-refractivity contribution in [2.24, 2.45) is 7.05 Å². The first-order valence-corrected chi connectivity index (χ1v) is 11.6. The molecule has 192 valence electrons. The topological polar surface area (TPSA) is 54.8 Å². The highest BCUT2D eigenvalue weighted by Gasteiger charge is 2.31. The van der Waals surface area contributed by atoms with Gasteiger partial charge >= 0.3 is 6.18 Å². The quantitative estimate of drug-likeness (QED) is 0.357. The summed E-state index contributed by atoms with van der Waals surface area (Å²) in [5.41, 5.74) is 0.808. The summed E-state index contributed by atoms with van der Waals surface area (Å²) in [6.45, 7) is 0.890. The Kier molecular flexibility index (Phi) is 9.30. The third-order valence-electron chi connectivity index (χ3n) is 5.80. The van der Waals surface area contributed by atoms with Crippen LogP contribution in [0.3, 0.4) is 0 Å². The van der Waals surface area contributed by atoms with Crippen LogP contribution in [0.1, 0.15) is 33.6 Å². The number of benzene rings is 2. The molecule has 1 heterocycles. The number of carbonyl (C=O) groups excluding carboxylic acids is 2. The van der Waals surface area contributed by atoms with Crippen LogP contribution in [0.25, 0.3) is 0 Å². The fraction of sp³-hybridized carbons (Fsp3) is 0.333. The number of rotatable bonds is 11. The molecule has 0 atom stereocenters. The van der Waals surface area contributed by atoms with Gasteiger partial charge in [0.1, 0.15) is 6.54 Å². The number of alkyl halides is 3. The van der Waals surface area contributed by atoms with Crippen molar-refractivity contribution in [3.8, 4) is 0 Å². The zero-order valence-electron chi connectivity index (χ0n) is 20.4. The summed E-state index contributed by atoms with van der Waals surface area (Å²) in [5.74, 6) is -0.943. The Morgan fingerprint density at radius 2 is 1.69 bits per heavy atom. The minimum absolute atomic E-state index is 0.118. The molecule has 0 spiro atoms. The number of carbonyl (C=O) groups is 2. The van der Waals surface area contributed by atoms with E-state index >= 15 is 0 Å². The molecule has 0 saturated heterocycles. The van der Waals surface area contributed by atoms with Crippen molar-refractivity contribution >= 4 is 11.8 Å². The fourth-order valence-corrected chi connectivity index (χ4v) is 3.82. The van der Waals surface area contributed by atoms with Gasteiger partial charge in [0.2, 0.25) is 5.91 Å². The van der Waals surface area contributed by atoms with Crippen LogP contribution in [-0.4, -0.2) is 53.0 Å². The standard InChI is InChI=1S/C27H30F3N3O3/c1-31-14-7-13-24(31)19-33(18-21-9-4-3-5-10-21)25(34)20-32(15-8-16-36-2)26(35)22-11-6-12-23(17-22)27(28,29)30/h3-7,9-14,17H,8,15-16,18-20H2,1-2H3. The Hall–Kier alpha value is -3.59. The number of hydrogen-bond acceptors (Lipinski definition) is 3. The first kappa shape index (κ1) is 27.0. The highest BCUT2D eigenvalue weighted by Crippen LogP contribution is 2.29. The van der Waals surface area contributed by atoms with Gasteiger partial charge in [-0.25, -0.2) is 0 Å². The Morgan fingerprint density at radius 1 is 0.944 bits per heavy atom. The number of ether oxygens (including phenoxy) is 1. The van der Waals surface area contributed by atoms with E-state index in [9.17, 15) is 22.8 Å². The van der Waals surface area contributed by atoms with E-state index in [1.807, 2.05) is 60.3 Å². The van der Waals surface area contributed by atoms with E-state index in [0.717, 1.165) is 23.4 Å². The van der Waals surface area contributed by atoms with Gasteiger partial charge in [-0.1, -0.05) is 36.4 Å².